The van der Waals surface area contributed by atoms with E-state index in [9.17, 15) is 9.18 Å². The predicted molar refractivity (Wildman–Crippen MR) is 62.8 cm³/mol. The van der Waals surface area contributed by atoms with Gasteiger partial charge in [-0.25, -0.2) is 4.39 Å². The van der Waals surface area contributed by atoms with Crippen molar-refractivity contribution in [2.75, 3.05) is 13.6 Å². The van der Waals surface area contributed by atoms with Gasteiger partial charge in [-0.2, -0.15) is 0 Å². The van der Waals surface area contributed by atoms with Crippen LogP contribution in [0.2, 0.25) is 0 Å². The van der Waals surface area contributed by atoms with E-state index < -0.39 is 0 Å². The maximum atomic E-state index is 13.0. The first kappa shape index (κ1) is 12.7. The smallest absolute Gasteiger partial charge is 0.253 e. The monoisotopic (exact) mass is 223 g/mol. The Morgan fingerprint density at radius 3 is 2.50 bits per heavy atom. The van der Waals surface area contributed by atoms with Crippen LogP contribution in [0.25, 0.3) is 0 Å². The van der Waals surface area contributed by atoms with E-state index in [1.807, 2.05) is 0 Å². The number of halogens is 1. The molecule has 0 saturated carbocycles. The zero-order valence-electron chi connectivity index (χ0n) is 10.2. The Balaban J connectivity index is 2.78. The van der Waals surface area contributed by atoms with Crippen LogP contribution in [0, 0.1) is 11.2 Å². The molecule has 16 heavy (non-hydrogen) atoms. The van der Waals surface area contributed by atoms with Gasteiger partial charge in [0, 0.05) is 19.2 Å². The SMILES string of the molecule is CN(CC(C)(C)C)C(=O)c1cccc(F)c1. The number of carbonyl (C=O) groups excluding carboxylic acids is 1. The third kappa shape index (κ3) is 3.65. The highest BCUT2D eigenvalue weighted by atomic mass is 19.1. The first-order valence-corrected chi connectivity index (χ1v) is 5.31. The summed E-state index contributed by atoms with van der Waals surface area (Å²) in [7, 11) is 1.73. The molecule has 0 aliphatic rings. The summed E-state index contributed by atoms with van der Waals surface area (Å²) in [6, 6.07) is 5.78. The van der Waals surface area contributed by atoms with Gasteiger partial charge in [0.2, 0.25) is 0 Å². The van der Waals surface area contributed by atoms with E-state index in [1.165, 1.54) is 12.1 Å². The molecular weight excluding hydrogens is 205 g/mol. The third-order valence-corrected chi connectivity index (χ3v) is 2.13. The number of carbonyl (C=O) groups is 1. The van der Waals surface area contributed by atoms with Gasteiger partial charge in [-0.1, -0.05) is 26.8 Å². The Kier molecular flexibility index (Phi) is 3.68. The molecule has 0 heterocycles. The molecule has 0 bridgehead atoms. The molecule has 0 aromatic heterocycles. The van der Waals surface area contributed by atoms with Gasteiger partial charge in [0.15, 0.2) is 0 Å². The van der Waals surface area contributed by atoms with Gasteiger partial charge in [-0.3, -0.25) is 4.79 Å². The molecule has 1 rings (SSSR count). The molecule has 88 valence electrons. The first-order chi connectivity index (χ1) is 7.29. The van der Waals surface area contributed by atoms with Crippen molar-refractivity contribution in [1.29, 1.82) is 0 Å². The molecular formula is C13H18FNO. The molecule has 1 aromatic carbocycles. The number of hydrogen-bond acceptors (Lipinski definition) is 1. The Morgan fingerprint density at radius 2 is 2.00 bits per heavy atom. The molecule has 1 amide bonds. The van der Waals surface area contributed by atoms with E-state index in [1.54, 1.807) is 24.1 Å². The first-order valence-electron chi connectivity index (χ1n) is 5.31. The highest BCUT2D eigenvalue weighted by Crippen LogP contribution is 2.16. The van der Waals surface area contributed by atoms with Crippen LogP contribution >= 0.6 is 0 Å². The van der Waals surface area contributed by atoms with Crippen molar-refractivity contribution in [3.63, 3.8) is 0 Å². The molecule has 0 aliphatic heterocycles. The molecule has 0 N–H and O–H groups in total. The minimum Gasteiger partial charge on any atom is -0.341 e. The number of rotatable bonds is 2. The second kappa shape index (κ2) is 4.64. The number of hydrogen-bond donors (Lipinski definition) is 0. The highest BCUT2D eigenvalue weighted by molar-refractivity contribution is 5.94. The van der Waals surface area contributed by atoms with E-state index in [0.717, 1.165) is 0 Å². The summed E-state index contributed by atoms with van der Waals surface area (Å²) in [6.45, 7) is 6.81. The lowest BCUT2D eigenvalue weighted by molar-refractivity contribution is 0.0745. The summed E-state index contributed by atoms with van der Waals surface area (Å²) in [5.41, 5.74) is 0.435. The van der Waals surface area contributed by atoms with Gasteiger partial charge in [0.25, 0.3) is 5.91 Å². The molecule has 0 aliphatic carbocycles. The van der Waals surface area contributed by atoms with Crippen LogP contribution in [0.1, 0.15) is 31.1 Å². The maximum Gasteiger partial charge on any atom is 0.253 e. The van der Waals surface area contributed by atoms with Crippen LogP contribution in [0.5, 0.6) is 0 Å². The summed E-state index contributed by atoms with van der Waals surface area (Å²) >= 11 is 0. The molecule has 0 saturated heterocycles. The van der Waals surface area contributed by atoms with Crippen molar-refractivity contribution < 1.29 is 9.18 Å². The Labute approximate surface area is 96.1 Å². The van der Waals surface area contributed by atoms with E-state index >= 15 is 0 Å². The van der Waals surface area contributed by atoms with Crippen molar-refractivity contribution in [2.45, 2.75) is 20.8 Å². The maximum absolute atomic E-state index is 13.0. The Bertz CT molecular complexity index is 382. The minimum atomic E-state index is -0.380. The second-order valence-corrected chi connectivity index (χ2v) is 5.23. The van der Waals surface area contributed by atoms with Gasteiger partial charge in [0.1, 0.15) is 5.82 Å². The molecule has 0 fully saturated rings. The largest absolute Gasteiger partial charge is 0.341 e. The van der Waals surface area contributed by atoms with Crippen molar-refractivity contribution in [2.24, 2.45) is 5.41 Å². The summed E-state index contributed by atoms with van der Waals surface area (Å²) < 4.78 is 13.0. The van der Waals surface area contributed by atoms with Gasteiger partial charge in [0.05, 0.1) is 0 Å². The summed E-state index contributed by atoms with van der Waals surface area (Å²) in [5, 5.41) is 0. The van der Waals surface area contributed by atoms with E-state index in [0.29, 0.717) is 12.1 Å². The zero-order valence-corrected chi connectivity index (χ0v) is 10.2. The van der Waals surface area contributed by atoms with E-state index in [-0.39, 0.29) is 17.1 Å². The average molecular weight is 223 g/mol. The van der Waals surface area contributed by atoms with Crippen LogP contribution in [0.15, 0.2) is 24.3 Å². The van der Waals surface area contributed by atoms with Crippen molar-refractivity contribution in [1.82, 2.24) is 4.90 Å². The number of nitrogens with zero attached hydrogens (tertiary/aromatic N) is 1. The average Bonchev–Trinajstić information content (AvgIpc) is 2.14. The summed E-state index contributed by atoms with van der Waals surface area (Å²) in [5.74, 6) is -0.524. The Hall–Kier alpha value is -1.38. The lowest BCUT2D eigenvalue weighted by Gasteiger charge is -2.26. The van der Waals surface area contributed by atoms with Crippen LogP contribution in [0.3, 0.4) is 0 Å². The standard InChI is InChI=1S/C13H18FNO/c1-13(2,3)9-15(4)12(16)10-6-5-7-11(14)8-10/h5-8H,9H2,1-4H3. The highest BCUT2D eigenvalue weighted by Gasteiger charge is 2.18. The summed E-state index contributed by atoms with van der Waals surface area (Å²) in [4.78, 5) is 13.6. The fourth-order valence-electron chi connectivity index (χ4n) is 1.63. The molecule has 2 nitrogen and oxygen atoms in total. The Morgan fingerprint density at radius 1 is 1.38 bits per heavy atom. The molecule has 0 unspecified atom stereocenters. The lowest BCUT2D eigenvalue weighted by Crippen LogP contribution is -2.34. The van der Waals surface area contributed by atoms with Crippen LogP contribution in [0.4, 0.5) is 4.39 Å². The molecule has 0 atom stereocenters. The van der Waals surface area contributed by atoms with Crippen LogP contribution in [-0.2, 0) is 0 Å². The third-order valence-electron chi connectivity index (χ3n) is 2.13. The van der Waals surface area contributed by atoms with Crippen molar-refractivity contribution >= 4 is 5.91 Å². The van der Waals surface area contributed by atoms with Gasteiger partial charge >= 0.3 is 0 Å². The van der Waals surface area contributed by atoms with Crippen LogP contribution in [-0.4, -0.2) is 24.4 Å². The molecule has 0 radical (unpaired) electrons. The van der Waals surface area contributed by atoms with Gasteiger partial charge < -0.3 is 4.90 Å². The van der Waals surface area contributed by atoms with Crippen molar-refractivity contribution in [3.05, 3.63) is 35.6 Å². The zero-order chi connectivity index (χ0) is 12.3. The quantitative estimate of drug-likeness (QED) is 0.755. The van der Waals surface area contributed by atoms with Gasteiger partial charge in [-0.05, 0) is 23.6 Å². The van der Waals surface area contributed by atoms with E-state index in [2.05, 4.69) is 20.8 Å². The fourth-order valence-corrected chi connectivity index (χ4v) is 1.63. The minimum absolute atomic E-state index is 0.0394. The lowest BCUT2D eigenvalue weighted by atomic mass is 9.96. The van der Waals surface area contributed by atoms with Crippen molar-refractivity contribution in [3.8, 4) is 0 Å². The number of benzene rings is 1. The predicted octanol–water partition coefficient (Wildman–Crippen LogP) is 2.94. The molecule has 3 heteroatoms. The normalized spacial score (nSPS) is 11.3. The topological polar surface area (TPSA) is 20.3 Å². The van der Waals surface area contributed by atoms with Crippen LogP contribution < -0.4 is 0 Å². The second-order valence-electron chi connectivity index (χ2n) is 5.23. The van der Waals surface area contributed by atoms with Gasteiger partial charge in [-0.15, -0.1) is 0 Å². The summed E-state index contributed by atoms with van der Waals surface area (Å²) in [6.07, 6.45) is 0. The molecule has 1 aromatic rings. The van der Waals surface area contributed by atoms with E-state index in [4.69, 9.17) is 0 Å². The number of amides is 1. The molecule has 0 spiro atoms. The fraction of sp³-hybridized carbons (Fsp3) is 0.462.